The fraction of sp³-hybridized carbons (Fsp3) is 0.500. The van der Waals surface area contributed by atoms with Crippen molar-refractivity contribution in [1.82, 2.24) is 4.98 Å². The lowest BCUT2D eigenvalue weighted by molar-refractivity contribution is -0.170. The molecule has 2 aromatic rings. The Hall–Kier alpha value is -0.790. The van der Waals surface area contributed by atoms with Gasteiger partial charge in [-0.3, -0.25) is 4.79 Å². The van der Waals surface area contributed by atoms with Gasteiger partial charge in [0.05, 0.1) is 41.8 Å². The second-order valence-corrected chi connectivity index (χ2v) is 8.26. The average molecular weight is 463 g/mol. The van der Waals surface area contributed by atoms with Crippen LogP contribution < -0.4 is 0 Å². The maximum Gasteiger partial charge on any atom is 0.306 e. The molecule has 5 nitrogen and oxygen atoms in total. The third kappa shape index (κ3) is 3.06. The first kappa shape index (κ1) is 18.6. The predicted molar refractivity (Wildman–Crippen MR) is 103 cm³/mol. The van der Waals surface area contributed by atoms with Crippen molar-refractivity contribution >= 4 is 56.0 Å². The number of halogens is 3. The number of carbonyl (C=O) groups excluding carboxylic acids is 1. The van der Waals surface area contributed by atoms with Gasteiger partial charge in [0, 0.05) is 34.3 Å². The molecule has 1 atom stereocenters. The number of fused-ring (bicyclic) bond motifs is 3. The molecule has 1 N–H and O–H groups in total. The molecule has 2 heterocycles. The van der Waals surface area contributed by atoms with Gasteiger partial charge in [-0.1, -0.05) is 39.1 Å². The van der Waals surface area contributed by atoms with Gasteiger partial charge >= 0.3 is 5.97 Å². The first-order chi connectivity index (χ1) is 12.4. The van der Waals surface area contributed by atoms with E-state index in [0.717, 1.165) is 26.6 Å². The molecule has 0 saturated carbocycles. The van der Waals surface area contributed by atoms with Gasteiger partial charge in [0.2, 0.25) is 0 Å². The third-order valence-corrected chi connectivity index (χ3v) is 6.41. The molecule has 1 aliphatic heterocycles. The molecular weight excluding hydrogens is 445 g/mol. The molecule has 1 fully saturated rings. The summed E-state index contributed by atoms with van der Waals surface area (Å²) in [4.78, 5) is 15.6. The topological polar surface area (TPSA) is 60.6 Å². The largest absolute Gasteiger partial charge is 0.466 e. The van der Waals surface area contributed by atoms with Gasteiger partial charge in [0.1, 0.15) is 0 Å². The van der Waals surface area contributed by atoms with Gasteiger partial charge in [-0.2, -0.15) is 0 Å². The Morgan fingerprint density at radius 2 is 2.15 bits per heavy atom. The molecule has 1 aromatic heterocycles. The van der Waals surface area contributed by atoms with E-state index in [9.17, 15) is 4.79 Å². The SMILES string of the molecule is CCOC(=O)CC1CC2(Cc3c1[nH]c1c(Cl)c(Cl)cc(Br)c31)OCCO2. The number of aromatic nitrogens is 1. The summed E-state index contributed by atoms with van der Waals surface area (Å²) in [5.74, 6) is -1.05. The van der Waals surface area contributed by atoms with Crippen molar-refractivity contribution in [3.8, 4) is 0 Å². The molecule has 0 radical (unpaired) electrons. The fourth-order valence-electron chi connectivity index (χ4n) is 4.02. The Morgan fingerprint density at radius 1 is 1.42 bits per heavy atom. The number of H-pyrrole nitrogens is 1. The van der Waals surface area contributed by atoms with Crippen molar-refractivity contribution in [3.05, 3.63) is 31.8 Å². The van der Waals surface area contributed by atoms with Crippen molar-refractivity contribution in [2.75, 3.05) is 19.8 Å². The second kappa shape index (κ2) is 6.99. The Bertz CT molecular complexity index is 876. The average Bonchev–Trinajstić information content (AvgIpc) is 3.18. The number of benzene rings is 1. The standard InChI is InChI=1S/C18H18BrCl2NO4/c1-2-24-13(23)5-9-7-18(25-3-4-26-18)8-10-14-11(19)6-12(20)15(21)17(14)22-16(9)10/h6,9,22H,2-5,7-8H2,1H3. The van der Waals surface area contributed by atoms with E-state index in [-0.39, 0.29) is 18.3 Å². The lowest BCUT2D eigenvalue weighted by atomic mass is 9.81. The molecule has 1 spiro atoms. The van der Waals surface area contributed by atoms with Gasteiger partial charge < -0.3 is 19.2 Å². The van der Waals surface area contributed by atoms with Gasteiger partial charge in [0.25, 0.3) is 0 Å². The highest BCUT2D eigenvalue weighted by atomic mass is 79.9. The first-order valence-corrected chi connectivity index (χ1v) is 10.1. The monoisotopic (exact) mass is 461 g/mol. The molecule has 1 aromatic carbocycles. The first-order valence-electron chi connectivity index (χ1n) is 8.55. The van der Waals surface area contributed by atoms with E-state index in [1.54, 1.807) is 13.0 Å². The fourth-order valence-corrected chi connectivity index (χ4v) is 5.21. The van der Waals surface area contributed by atoms with Gasteiger partial charge in [-0.15, -0.1) is 0 Å². The minimum Gasteiger partial charge on any atom is -0.466 e. The molecule has 2 aliphatic rings. The quantitative estimate of drug-likeness (QED) is 0.517. The van der Waals surface area contributed by atoms with Crippen molar-refractivity contribution in [2.24, 2.45) is 0 Å². The van der Waals surface area contributed by atoms with Crippen LogP contribution in [-0.2, 0) is 25.4 Å². The maximum atomic E-state index is 12.2. The van der Waals surface area contributed by atoms with E-state index in [1.165, 1.54) is 0 Å². The number of aromatic amines is 1. The molecule has 1 saturated heterocycles. The van der Waals surface area contributed by atoms with Crippen LogP contribution in [0, 0.1) is 0 Å². The van der Waals surface area contributed by atoms with E-state index < -0.39 is 5.79 Å². The molecule has 8 heteroatoms. The summed E-state index contributed by atoms with van der Waals surface area (Å²) in [6.45, 7) is 3.27. The third-order valence-electron chi connectivity index (χ3n) is 5.00. The van der Waals surface area contributed by atoms with Crippen molar-refractivity contribution < 1.29 is 19.0 Å². The highest BCUT2D eigenvalue weighted by Crippen LogP contribution is 2.48. The Labute approximate surface area is 169 Å². The van der Waals surface area contributed by atoms with E-state index in [0.29, 0.717) is 42.7 Å². The lowest BCUT2D eigenvalue weighted by Gasteiger charge is -2.36. The molecule has 1 unspecified atom stereocenters. The molecule has 1 aliphatic carbocycles. The van der Waals surface area contributed by atoms with E-state index in [1.807, 2.05) is 0 Å². The Morgan fingerprint density at radius 3 is 2.85 bits per heavy atom. The molecule has 140 valence electrons. The number of nitrogens with one attached hydrogen (secondary N) is 1. The van der Waals surface area contributed by atoms with Crippen LogP contribution in [0.3, 0.4) is 0 Å². The number of ether oxygens (including phenoxy) is 3. The molecule has 4 rings (SSSR count). The lowest BCUT2D eigenvalue weighted by Crippen LogP contribution is -2.39. The van der Waals surface area contributed by atoms with Crippen LogP contribution in [-0.4, -0.2) is 36.6 Å². The summed E-state index contributed by atoms with van der Waals surface area (Å²) in [7, 11) is 0. The maximum absolute atomic E-state index is 12.2. The zero-order chi connectivity index (χ0) is 18.5. The van der Waals surface area contributed by atoms with Crippen LogP contribution in [0.4, 0.5) is 0 Å². The van der Waals surface area contributed by atoms with Crippen LogP contribution in [0.2, 0.25) is 10.0 Å². The minimum atomic E-state index is -0.704. The number of hydrogen-bond donors (Lipinski definition) is 1. The summed E-state index contributed by atoms with van der Waals surface area (Å²) < 4.78 is 17.9. The van der Waals surface area contributed by atoms with Crippen LogP contribution in [0.5, 0.6) is 0 Å². The number of carbonyl (C=O) groups is 1. The number of rotatable bonds is 3. The number of esters is 1. The minimum absolute atomic E-state index is 0.106. The van der Waals surface area contributed by atoms with Crippen molar-refractivity contribution in [2.45, 2.75) is 37.9 Å². The Balaban J connectivity index is 1.85. The second-order valence-electron chi connectivity index (χ2n) is 6.62. The zero-order valence-electron chi connectivity index (χ0n) is 14.2. The summed E-state index contributed by atoms with van der Waals surface area (Å²) in [5.41, 5.74) is 2.79. The van der Waals surface area contributed by atoms with Crippen LogP contribution in [0.1, 0.15) is 36.9 Å². The highest BCUT2D eigenvalue weighted by Gasteiger charge is 2.46. The molecule has 26 heavy (non-hydrogen) atoms. The number of hydrogen-bond acceptors (Lipinski definition) is 4. The predicted octanol–water partition coefficient (Wildman–Crippen LogP) is 4.96. The normalized spacial score (nSPS) is 21.3. The van der Waals surface area contributed by atoms with Gasteiger partial charge in [-0.25, -0.2) is 0 Å². The van der Waals surface area contributed by atoms with Crippen LogP contribution in [0.15, 0.2) is 10.5 Å². The highest BCUT2D eigenvalue weighted by molar-refractivity contribution is 9.10. The zero-order valence-corrected chi connectivity index (χ0v) is 17.3. The van der Waals surface area contributed by atoms with E-state index in [4.69, 9.17) is 37.4 Å². The van der Waals surface area contributed by atoms with E-state index >= 15 is 0 Å². The molecule has 0 bridgehead atoms. The van der Waals surface area contributed by atoms with Gasteiger partial charge in [0.15, 0.2) is 5.79 Å². The summed E-state index contributed by atoms with van der Waals surface area (Å²) in [5, 5.41) is 1.90. The van der Waals surface area contributed by atoms with Crippen LogP contribution >= 0.6 is 39.1 Å². The smallest absolute Gasteiger partial charge is 0.306 e. The van der Waals surface area contributed by atoms with Crippen molar-refractivity contribution in [3.63, 3.8) is 0 Å². The van der Waals surface area contributed by atoms with Crippen molar-refractivity contribution in [1.29, 1.82) is 0 Å². The summed E-state index contributed by atoms with van der Waals surface area (Å²) in [6, 6.07) is 1.79. The van der Waals surface area contributed by atoms with Gasteiger partial charge in [-0.05, 0) is 18.6 Å². The summed E-state index contributed by atoms with van der Waals surface area (Å²) >= 11 is 16.3. The summed E-state index contributed by atoms with van der Waals surface area (Å²) in [6.07, 6.45) is 1.44. The molecular formula is C18H18BrCl2NO4. The Kier molecular flexibility index (Phi) is 4.99. The molecule has 0 amide bonds. The van der Waals surface area contributed by atoms with Crippen LogP contribution in [0.25, 0.3) is 10.9 Å². The van der Waals surface area contributed by atoms with E-state index in [2.05, 4.69) is 20.9 Å².